The second-order valence-corrected chi connectivity index (χ2v) is 7.80. The number of nitrogens with one attached hydrogen (secondary N) is 1. The molecule has 0 aliphatic rings. The predicted octanol–water partition coefficient (Wildman–Crippen LogP) is 2.73. The summed E-state index contributed by atoms with van der Waals surface area (Å²) in [4.78, 5) is 24.5. The van der Waals surface area contributed by atoms with Crippen LogP contribution in [-0.2, 0) is 17.9 Å². The van der Waals surface area contributed by atoms with Gasteiger partial charge >= 0.3 is 5.69 Å². The summed E-state index contributed by atoms with van der Waals surface area (Å²) in [5.74, 6) is 0.154. The number of fused-ring (bicyclic) bond motifs is 1. The lowest BCUT2D eigenvalue weighted by molar-refractivity contribution is -0.113. The van der Waals surface area contributed by atoms with Gasteiger partial charge in [0.05, 0.1) is 16.8 Å². The van der Waals surface area contributed by atoms with Crippen molar-refractivity contribution in [3.05, 3.63) is 33.7 Å². The van der Waals surface area contributed by atoms with Crippen LogP contribution in [0.1, 0.15) is 18.9 Å². The van der Waals surface area contributed by atoms with Gasteiger partial charge in [-0.1, -0.05) is 23.1 Å². The third-order valence-corrected chi connectivity index (χ3v) is 5.74. The number of aryl methyl sites for hydroxylation is 3. The molecule has 0 bridgehead atoms. The zero-order valence-electron chi connectivity index (χ0n) is 14.3. The van der Waals surface area contributed by atoms with Crippen LogP contribution in [-0.4, -0.2) is 31.0 Å². The molecule has 3 rings (SSSR count). The SMILES string of the molecule is CCn1c(=O)n(CC)c2cc(NC(=O)CSc3nnc(C)s3)ccc21. The topological polar surface area (TPSA) is 81.8 Å². The minimum atomic E-state index is -0.113. The van der Waals surface area contributed by atoms with E-state index in [1.54, 1.807) is 9.13 Å². The van der Waals surface area contributed by atoms with Gasteiger partial charge in [0.1, 0.15) is 5.01 Å². The largest absolute Gasteiger partial charge is 0.329 e. The molecule has 0 aliphatic heterocycles. The number of benzene rings is 1. The van der Waals surface area contributed by atoms with Crippen molar-refractivity contribution in [2.24, 2.45) is 0 Å². The molecule has 132 valence electrons. The minimum absolute atomic E-state index is 0.0225. The Morgan fingerprint density at radius 2 is 1.92 bits per heavy atom. The molecule has 0 spiro atoms. The first-order chi connectivity index (χ1) is 12.0. The zero-order valence-corrected chi connectivity index (χ0v) is 15.9. The lowest BCUT2D eigenvalue weighted by Gasteiger charge is -2.06. The van der Waals surface area contributed by atoms with Crippen molar-refractivity contribution in [1.82, 2.24) is 19.3 Å². The number of hydrogen-bond donors (Lipinski definition) is 1. The smallest absolute Gasteiger partial charge is 0.325 e. The van der Waals surface area contributed by atoms with Crippen LogP contribution in [0, 0.1) is 6.92 Å². The van der Waals surface area contributed by atoms with E-state index in [-0.39, 0.29) is 17.3 Å². The summed E-state index contributed by atoms with van der Waals surface area (Å²) in [5, 5.41) is 11.7. The lowest BCUT2D eigenvalue weighted by atomic mass is 10.2. The van der Waals surface area contributed by atoms with Crippen LogP contribution in [0.3, 0.4) is 0 Å². The van der Waals surface area contributed by atoms with Gasteiger partial charge in [0.2, 0.25) is 5.91 Å². The molecular formula is C16H19N5O2S2. The minimum Gasteiger partial charge on any atom is -0.325 e. The number of rotatable bonds is 6. The maximum absolute atomic E-state index is 12.4. The maximum Gasteiger partial charge on any atom is 0.329 e. The fourth-order valence-electron chi connectivity index (χ4n) is 2.67. The quantitative estimate of drug-likeness (QED) is 0.668. The number of aromatic nitrogens is 4. The van der Waals surface area contributed by atoms with Crippen molar-refractivity contribution in [3.63, 3.8) is 0 Å². The van der Waals surface area contributed by atoms with Crippen LogP contribution in [0.5, 0.6) is 0 Å². The molecule has 0 fully saturated rings. The number of amides is 1. The summed E-state index contributed by atoms with van der Waals surface area (Å²) in [7, 11) is 0. The van der Waals surface area contributed by atoms with E-state index in [0.717, 1.165) is 20.4 Å². The monoisotopic (exact) mass is 377 g/mol. The van der Waals surface area contributed by atoms with Crippen molar-refractivity contribution >= 4 is 45.7 Å². The highest BCUT2D eigenvalue weighted by Gasteiger charge is 2.13. The number of imidazole rings is 1. The van der Waals surface area contributed by atoms with Gasteiger partial charge < -0.3 is 5.32 Å². The number of anilines is 1. The van der Waals surface area contributed by atoms with E-state index in [1.807, 2.05) is 39.0 Å². The molecule has 0 atom stereocenters. The highest BCUT2D eigenvalue weighted by atomic mass is 32.2. The van der Waals surface area contributed by atoms with Gasteiger partial charge in [-0.3, -0.25) is 13.9 Å². The van der Waals surface area contributed by atoms with E-state index in [1.165, 1.54) is 23.1 Å². The predicted molar refractivity (Wildman–Crippen MR) is 102 cm³/mol. The van der Waals surface area contributed by atoms with E-state index >= 15 is 0 Å². The van der Waals surface area contributed by atoms with Gasteiger partial charge in [0.15, 0.2) is 4.34 Å². The number of nitrogens with zero attached hydrogens (tertiary/aromatic N) is 4. The Bertz CT molecular complexity index is 973. The van der Waals surface area contributed by atoms with Crippen LogP contribution in [0.15, 0.2) is 27.3 Å². The van der Waals surface area contributed by atoms with Crippen molar-refractivity contribution in [3.8, 4) is 0 Å². The molecule has 0 unspecified atom stereocenters. The molecule has 0 radical (unpaired) electrons. The Balaban J connectivity index is 1.77. The molecule has 25 heavy (non-hydrogen) atoms. The first-order valence-electron chi connectivity index (χ1n) is 7.99. The number of carbonyl (C=O) groups excluding carboxylic acids is 1. The molecule has 1 aromatic carbocycles. The number of carbonyl (C=O) groups is 1. The van der Waals surface area contributed by atoms with Crippen LogP contribution < -0.4 is 11.0 Å². The molecule has 0 saturated carbocycles. The Labute approximate surface area is 153 Å². The third-order valence-electron chi connectivity index (χ3n) is 3.77. The average Bonchev–Trinajstić information content (AvgIpc) is 3.12. The van der Waals surface area contributed by atoms with E-state index in [0.29, 0.717) is 18.8 Å². The van der Waals surface area contributed by atoms with Crippen LogP contribution in [0.2, 0.25) is 0 Å². The van der Waals surface area contributed by atoms with Crippen molar-refractivity contribution in [2.45, 2.75) is 38.2 Å². The third kappa shape index (κ3) is 3.62. The fraction of sp³-hybridized carbons (Fsp3) is 0.375. The molecule has 0 saturated heterocycles. The van der Waals surface area contributed by atoms with Gasteiger partial charge in [0, 0.05) is 18.8 Å². The van der Waals surface area contributed by atoms with Gasteiger partial charge in [-0.25, -0.2) is 4.79 Å². The van der Waals surface area contributed by atoms with E-state index in [4.69, 9.17) is 0 Å². The highest BCUT2D eigenvalue weighted by molar-refractivity contribution is 8.01. The number of hydrogen-bond acceptors (Lipinski definition) is 6. The molecular weight excluding hydrogens is 358 g/mol. The lowest BCUT2D eigenvalue weighted by Crippen LogP contribution is -2.23. The molecule has 0 aliphatic carbocycles. The zero-order chi connectivity index (χ0) is 18.0. The summed E-state index contributed by atoms with van der Waals surface area (Å²) < 4.78 is 4.23. The highest BCUT2D eigenvalue weighted by Crippen LogP contribution is 2.23. The van der Waals surface area contributed by atoms with Gasteiger partial charge in [-0.2, -0.15) is 0 Å². The Kier molecular flexibility index (Phi) is 5.24. The first kappa shape index (κ1) is 17.7. The Hall–Kier alpha value is -2.13. The maximum atomic E-state index is 12.4. The average molecular weight is 377 g/mol. The van der Waals surface area contributed by atoms with Crippen LogP contribution >= 0.6 is 23.1 Å². The summed E-state index contributed by atoms with van der Waals surface area (Å²) >= 11 is 2.83. The molecule has 1 N–H and O–H groups in total. The van der Waals surface area contributed by atoms with E-state index in [2.05, 4.69) is 15.5 Å². The van der Waals surface area contributed by atoms with Crippen molar-refractivity contribution in [1.29, 1.82) is 0 Å². The molecule has 2 aromatic heterocycles. The van der Waals surface area contributed by atoms with Crippen molar-refractivity contribution in [2.75, 3.05) is 11.1 Å². The second kappa shape index (κ2) is 7.40. The Morgan fingerprint density at radius 1 is 1.20 bits per heavy atom. The van der Waals surface area contributed by atoms with Gasteiger partial charge in [-0.05, 0) is 39.0 Å². The summed E-state index contributed by atoms with van der Waals surface area (Å²) in [5.41, 5.74) is 2.37. The normalized spacial score (nSPS) is 11.2. The molecule has 1 amide bonds. The van der Waals surface area contributed by atoms with E-state index in [9.17, 15) is 9.59 Å². The molecule has 3 aromatic rings. The van der Waals surface area contributed by atoms with Crippen LogP contribution in [0.25, 0.3) is 11.0 Å². The Morgan fingerprint density at radius 3 is 2.56 bits per heavy atom. The summed E-state index contributed by atoms with van der Waals surface area (Å²) in [6.45, 7) is 6.97. The first-order valence-corrected chi connectivity index (χ1v) is 9.79. The summed E-state index contributed by atoms with van der Waals surface area (Å²) in [6.07, 6.45) is 0. The second-order valence-electron chi connectivity index (χ2n) is 5.40. The van der Waals surface area contributed by atoms with E-state index < -0.39 is 0 Å². The fourth-order valence-corrected chi connectivity index (χ4v) is 4.29. The molecule has 2 heterocycles. The van der Waals surface area contributed by atoms with Crippen LogP contribution in [0.4, 0.5) is 5.69 Å². The molecule has 7 nitrogen and oxygen atoms in total. The van der Waals surface area contributed by atoms with Gasteiger partial charge in [0.25, 0.3) is 0 Å². The molecule has 9 heteroatoms. The van der Waals surface area contributed by atoms with Crippen molar-refractivity contribution < 1.29 is 4.79 Å². The number of thioether (sulfide) groups is 1. The standard InChI is InChI=1S/C16H19N5O2S2/c1-4-20-12-7-6-11(8-13(12)21(5-2)16(20)23)17-14(22)9-24-15-19-18-10(3)25-15/h6-8H,4-5,9H2,1-3H3,(H,17,22). The summed E-state index contributed by atoms with van der Waals surface area (Å²) in [6, 6.07) is 5.55. The van der Waals surface area contributed by atoms with Gasteiger partial charge in [-0.15, -0.1) is 10.2 Å².